The lowest BCUT2D eigenvalue weighted by Crippen LogP contribution is -2.67. The van der Waals surface area contributed by atoms with Crippen LogP contribution in [0, 0.1) is 0 Å². The van der Waals surface area contributed by atoms with Gasteiger partial charge >= 0.3 is 0 Å². The molecule has 0 amide bonds. The van der Waals surface area contributed by atoms with Gasteiger partial charge in [-0.05, 0) is 52.4 Å². The van der Waals surface area contributed by atoms with Crippen LogP contribution in [-0.2, 0) is 4.79 Å². The number of allylic oxidation sites excluding steroid dienone is 4. The summed E-state index contributed by atoms with van der Waals surface area (Å²) in [5.74, 6) is -1.18. The van der Waals surface area contributed by atoms with E-state index in [0.29, 0.717) is 25.7 Å². The first-order valence-electron chi connectivity index (χ1n) is 11.1. The van der Waals surface area contributed by atoms with Gasteiger partial charge in [0.05, 0.1) is 12.6 Å². The van der Waals surface area contributed by atoms with Crippen molar-refractivity contribution in [3.05, 3.63) is 24.3 Å². The fourth-order valence-corrected chi connectivity index (χ4v) is 4.05. The molecule has 0 aromatic rings. The number of carbonyl (C=O) groups is 1. The first-order valence-corrected chi connectivity index (χ1v) is 11.1. The minimum atomic E-state index is -1.18. The predicted octanol–water partition coefficient (Wildman–Crippen LogP) is 1.93. The van der Waals surface area contributed by atoms with Crippen molar-refractivity contribution in [2.45, 2.75) is 90.4 Å². The number of nitrogens with zero attached hydrogens (tertiary/aromatic N) is 1. The predicted molar refractivity (Wildman–Crippen MR) is 115 cm³/mol. The van der Waals surface area contributed by atoms with Crippen molar-refractivity contribution in [1.29, 1.82) is 0 Å². The number of unbranched alkanes of at least 4 members (excludes halogenated alkanes) is 2. The molecule has 6 heteroatoms. The maximum absolute atomic E-state index is 12.0. The van der Waals surface area contributed by atoms with Crippen LogP contribution in [0.15, 0.2) is 24.3 Å². The minimum Gasteiger partial charge on any atom is -0.544 e. The molecule has 170 valence electrons. The lowest BCUT2D eigenvalue weighted by molar-refractivity contribution is -0.950. The van der Waals surface area contributed by atoms with Gasteiger partial charge in [0.1, 0.15) is 37.9 Å². The number of aliphatic hydroxyl groups excluding tert-OH is 3. The Labute approximate surface area is 177 Å². The van der Waals surface area contributed by atoms with Gasteiger partial charge in [-0.15, -0.1) is 0 Å². The van der Waals surface area contributed by atoms with E-state index < -0.39 is 24.2 Å². The summed E-state index contributed by atoms with van der Waals surface area (Å²) in [5, 5.41) is 43.0. The number of carbonyl (C=O) groups excluding carboxylic acids is 1. The zero-order valence-electron chi connectivity index (χ0n) is 18.6. The monoisotopic (exact) mass is 413 g/mol. The first-order chi connectivity index (χ1) is 13.9. The number of rotatable bonds is 18. The molecule has 3 N–H and O–H groups in total. The van der Waals surface area contributed by atoms with Crippen molar-refractivity contribution in [3.63, 3.8) is 0 Å². The summed E-state index contributed by atoms with van der Waals surface area (Å²) in [7, 11) is 0. The Balaban J connectivity index is 5.43. The molecule has 0 radical (unpaired) electrons. The summed E-state index contributed by atoms with van der Waals surface area (Å²) in [6, 6.07) is -0.859. The molecule has 0 bridgehead atoms. The standard InChI is InChI=1S/C23H43NO5/c1-4-7-9-11-14-20(26)18-24(16-17-25,22(13-6-3)23(28)29)19-21(27)15-12-10-8-5-2/h4-5,7-8,20-22,25-27H,6,9-19H2,1-3H3/b7-4+,8-5+. The van der Waals surface area contributed by atoms with E-state index in [-0.39, 0.29) is 30.7 Å². The van der Waals surface area contributed by atoms with Crippen LogP contribution < -0.4 is 5.11 Å². The third-order valence-corrected chi connectivity index (χ3v) is 5.48. The van der Waals surface area contributed by atoms with Crippen molar-refractivity contribution in [3.8, 4) is 0 Å². The molecule has 0 aliphatic heterocycles. The van der Waals surface area contributed by atoms with Gasteiger partial charge in [-0.2, -0.15) is 0 Å². The number of quaternary nitrogens is 1. The number of hydrogen-bond donors (Lipinski definition) is 3. The van der Waals surface area contributed by atoms with Crippen LogP contribution in [0.3, 0.4) is 0 Å². The highest BCUT2D eigenvalue weighted by Crippen LogP contribution is 2.23. The fourth-order valence-electron chi connectivity index (χ4n) is 4.05. The van der Waals surface area contributed by atoms with E-state index in [0.717, 1.165) is 25.7 Å². The summed E-state index contributed by atoms with van der Waals surface area (Å²) in [5.41, 5.74) is 0. The highest BCUT2D eigenvalue weighted by molar-refractivity contribution is 5.69. The Kier molecular flexibility index (Phi) is 15.9. The van der Waals surface area contributed by atoms with Gasteiger partial charge in [0, 0.05) is 6.42 Å². The maximum atomic E-state index is 12.0. The topological polar surface area (TPSA) is 101 Å². The van der Waals surface area contributed by atoms with Crippen molar-refractivity contribution in [1.82, 2.24) is 0 Å². The Morgan fingerprint density at radius 1 is 0.966 bits per heavy atom. The van der Waals surface area contributed by atoms with Crippen LogP contribution in [0.2, 0.25) is 0 Å². The van der Waals surface area contributed by atoms with Crippen LogP contribution in [0.4, 0.5) is 0 Å². The third kappa shape index (κ3) is 11.5. The SMILES string of the molecule is C/C=C/CCCC(O)C[N+](CCO)(CC(O)CCC/C=C/C)C(CCC)C(=O)[O-]. The molecule has 0 aromatic heterocycles. The number of hydrogen-bond acceptors (Lipinski definition) is 5. The second-order valence-electron chi connectivity index (χ2n) is 7.96. The van der Waals surface area contributed by atoms with Crippen LogP contribution >= 0.6 is 0 Å². The van der Waals surface area contributed by atoms with E-state index in [1.165, 1.54) is 0 Å². The summed E-state index contributed by atoms with van der Waals surface area (Å²) in [4.78, 5) is 12.0. The highest BCUT2D eigenvalue weighted by Gasteiger charge is 2.40. The fraction of sp³-hybridized carbons (Fsp3) is 0.783. The van der Waals surface area contributed by atoms with Crippen molar-refractivity contribution in [2.24, 2.45) is 0 Å². The first kappa shape index (κ1) is 27.8. The maximum Gasteiger partial charge on any atom is 0.129 e. The summed E-state index contributed by atoms with van der Waals surface area (Å²) in [6.45, 7) is 6.17. The Bertz CT molecular complexity index is 452. The zero-order chi connectivity index (χ0) is 22.1. The second kappa shape index (κ2) is 16.6. The molecule has 0 fully saturated rings. The molecular weight excluding hydrogens is 370 g/mol. The van der Waals surface area contributed by atoms with Crippen LogP contribution in [-0.4, -0.2) is 70.3 Å². The van der Waals surface area contributed by atoms with E-state index in [1.54, 1.807) is 0 Å². The number of carboxylic acid groups (broad SMARTS) is 1. The van der Waals surface area contributed by atoms with Crippen LogP contribution in [0.5, 0.6) is 0 Å². The summed E-state index contributed by atoms with van der Waals surface area (Å²) < 4.78 is -0.0394. The molecular formula is C23H43NO5. The second-order valence-corrected chi connectivity index (χ2v) is 7.96. The highest BCUT2D eigenvalue weighted by atomic mass is 16.4. The average molecular weight is 414 g/mol. The third-order valence-electron chi connectivity index (χ3n) is 5.48. The quantitative estimate of drug-likeness (QED) is 0.181. The molecule has 0 aromatic carbocycles. The molecule has 3 unspecified atom stereocenters. The molecule has 29 heavy (non-hydrogen) atoms. The van der Waals surface area contributed by atoms with E-state index in [1.807, 2.05) is 45.1 Å². The molecule has 0 heterocycles. The van der Waals surface area contributed by atoms with E-state index in [9.17, 15) is 25.2 Å². The Hall–Kier alpha value is -1.21. The molecule has 0 saturated carbocycles. The number of carboxylic acids is 1. The summed E-state index contributed by atoms with van der Waals surface area (Å²) in [6.07, 6.45) is 12.1. The van der Waals surface area contributed by atoms with Crippen LogP contribution in [0.25, 0.3) is 0 Å². The van der Waals surface area contributed by atoms with Gasteiger partial charge in [-0.1, -0.05) is 37.6 Å². The van der Waals surface area contributed by atoms with Gasteiger partial charge in [0.15, 0.2) is 0 Å². The largest absolute Gasteiger partial charge is 0.544 e. The smallest absolute Gasteiger partial charge is 0.129 e. The Morgan fingerprint density at radius 2 is 1.45 bits per heavy atom. The van der Waals surface area contributed by atoms with Crippen LogP contribution in [0.1, 0.15) is 72.1 Å². The van der Waals surface area contributed by atoms with Gasteiger partial charge in [0.25, 0.3) is 0 Å². The van der Waals surface area contributed by atoms with E-state index in [2.05, 4.69) is 0 Å². The molecule has 0 saturated heterocycles. The molecule has 0 rings (SSSR count). The normalized spacial score (nSPS) is 17.4. The van der Waals surface area contributed by atoms with Gasteiger partial charge in [-0.25, -0.2) is 0 Å². The number of aliphatic carboxylic acids is 1. The minimum absolute atomic E-state index is 0.0394. The van der Waals surface area contributed by atoms with Crippen molar-refractivity contribution < 1.29 is 29.7 Å². The van der Waals surface area contributed by atoms with E-state index >= 15 is 0 Å². The summed E-state index contributed by atoms with van der Waals surface area (Å²) >= 11 is 0. The van der Waals surface area contributed by atoms with Crippen molar-refractivity contribution >= 4 is 5.97 Å². The average Bonchev–Trinajstić information content (AvgIpc) is 2.66. The lowest BCUT2D eigenvalue weighted by atomic mass is 10.0. The molecule has 3 atom stereocenters. The van der Waals surface area contributed by atoms with Gasteiger partial charge in [-0.3, -0.25) is 0 Å². The lowest BCUT2D eigenvalue weighted by Gasteiger charge is -2.47. The number of aliphatic hydroxyl groups is 3. The van der Waals surface area contributed by atoms with E-state index in [4.69, 9.17) is 0 Å². The Morgan fingerprint density at radius 3 is 1.79 bits per heavy atom. The molecule has 0 spiro atoms. The molecule has 0 aliphatic rings. The van der Waals surface area contributed by atoms with Gasteiger partial charge in [0.2, 0.25) is 0 Å². The molecule has 0 aliphatic carbocycles. The zero-order valence-corrected chi connectivity index (χ0v) is 18.6. The van der Waals surface area contributed by atoms with Gasteiger partial charge < -0.3 is 29.7 Å². The van der Waals surface area contributed by atoms with Crippen molar-refractivity contribution in [2.75, 3.05) is 26.2 Å². The molecule has 6 nitrogen and oxygen atoms in total.